The summed E-state index contributed by atoms with van der Waals surface area (Å²) in [5.41, 5.74) is 0.250. The summed E-state index contributed by atoms with van der Waals surface area (Å²) in [4.78, 5) is 0. The van der Waals surface area contributed by atoms with Crippen LogP contribution in [0.3, 0.4) is 0 Å². The van der Waals surface area contributed by atoms with Crippen molar-refractivity contribution in [3.63, 3.8) is 0 Å². The molecule has 0 saturated carbocycles. The summed E-state index contributed by atoms with van der Waals surface area (Å²) in [5, 5.41) is 0. The van der Waals surface area contributed by atoms with E-state index < -0.39 is 0 Å². The minimum atomic E-state index is 0. The minimum Gasteiger partial charge on any atom is -0.343 e. The van der Waals surface area contributed by atoms with Gasteiger partial charge in [-0.1, -0.05) is 53.4 Å². The molecule has 0 aromatic heterocycles. The summed E-state index contributed by atoms with van der Waals surface area (Å²) >= 11 is 0. The van der Waals surface area contributed by atoms with Gasteiger partial charge in [0.2, 0.25) is 0 Å². The van der Waals surface area contributed by atoms with Crippen LogP contribution in [0.15, 0.2) is 0 Å². The van der Waals surface area contributed by atoms with Crippen molar-refractivity contribution in [1.29, 1.82) is 0 Å². The minimum absolute atomic E-state index is 0. The van der Waals surface area contributed by atoms with Gasteiger partial charge < -0.3 is 13.8 Å². The Kier molecular flexibility index (Phi) is 16.9. The van der Waals surface area contributed by atoms with Crippen LogP contribution < -0.4 is 0 Å². The van der Waals surface area contributed by atoms with E-state index >= 15 is 0 Å². The summed E-state index contributed by atoms with van der Waals surface area (Å²) in [7, 11) is 0. The van der Waals surface area contributed by atoms with Crippen LogP contribution in [-0.4, -0.2) is 0 Å². The van der Waals surface area contributed by atoms with E-state index in [1.807, 2.05) is 0 Å². The Labute approximate surface area is 111 Å². The monoisotopic (exact) mass is 259 g/mol. The molecule has 79 valence electrons. The van der Waals surface area contributed by atoms with Crippen LogP contribution in [0.5, 0.6) is 0 Å². The molecule has 0 aromatic rings. The van der Waals surface area contributed by atoms with Gasteiger partial charge in [0.25, 0.3) is 0 Å². The van der Waals surface area contributed by atoms with Crippen LogP contribution >= 0.6 is 0 Å². The maximum atomic E-state index is 3.83. The predicted octanol–water partition coefficient (Wildman–Crippen LogP) is 4.51. The van der Waals surface area contributed by atoms with Gasteiger partial charge in [0, 0.05) is 32.7 Å². The van der Waals surface area contributed by atoms with Crippen molar-refractivity contribution in [3.8, 4) is 0 Å². The van der Waals surface area contributed by atoms with Gasteiger partial charge in [-0.05, 0) is 0 Å². The molecule has 0 bridgehead atoms. The zero-order valence-corrected chi connectivity index (χ0v) is 13.0. The molecule has 1 heteroatoms. The molecule has 0 N–H and O–H groups in total. The van der Waals surface area contributed by atoms with Gasteiger partial charge in [-0.25, -0.2) is 0 Å². The average Bonchev–Trinajstić information content (AvgIpc) is 1.88. The molecule has 0 atom stereocenters. The molecular weight excluding hydrogens is 233 g/mol. The van der Waals surface area contributed by atoms with Crippen LogP contribution in [0.4, 0.5) is 0 Å². The fourth-order valence-corrected chi connectivity index (χ4v) is 0.697. The maximum absolute atomic E-state index is 3.83. The van der Waals surface area contributed by atoms with E-state index in [-0.39, 0.29) is 38.1 Å². The summed E-state index contributed by atoms with van der Waals surface area (Å²) in [6.45, 7) is 18.3. The second-order valence-electron chi connectivity index (χ2n) is 4.53. The Hall–Kier alpha value is 1.10. The molecule has 0 unspecified atom stereocenters. The second-order valence-corrected chi connectivity index (χ2v) is 4.53. The van der Waals surface area contributed by atoms with Crippen LogP contribution in [-0.2, 0) is 32.7 Å². The van der Waals surface area contributed by atoms with Gasteiger partial charge in [0.1, 0.15) is 0 Å². The summed E-state index contributed by atoms with van der Waals surface area (Å²) in [6, 6.07) is 0. The topological polar surface area (TPSA) is 0 Å². The largest absolute Gasteiger partial charge is 0.343 e. The zero-order valence-electron chi connectivity index (χ0n) is 10.2. The van der Waals surface area contributed by atoms with E-state index in [0.717, 1.165) is 12.3 Å². The van der Waals surface area contributed by atoms with E-state index in [2.05, 4.69) is 48.5 Å². The molecular formula is C12H26Y-2. The first-order chi connectivity index (χ1) is 5.35. The fourth-order valence-electron chi connectivity index (χ4n) is 0.697. The molecule has 0 spiro atoms. The molecule has 0 fully saturated rings. The van der Waals surface area contributed by atoms with Gasteiger partial charge in [0.15, 0.2) is 0 Å². The smallest absolute Gasteiger partial charge is 0 e. The Bertz CT molecular complexity index is 66.1. The molecule has 0 aliphatic carbocycles. The normalized spacial score (nSPS) is 10.2. The molecule has 0 aliphatic rings. The van der Waals surface area contributed by atoms with Crippen molar-refractivity contribution in [2.24, 2.45) is 11.3 Å². The van der Waals surface area contributed by atoms with Gasteiger partial charge in [-0.15, -0.1) is 0 Å². The second kappa shape index (κ2) is 11.2. The van der Waals surface area contributed by atoms with Crippen molar-refractivity contribution in [2.75, 3.05) is 0 Å². The van der Waals surface area contributed by atoms with Gasteiger partial charge in [-0.2, -0.15) is 11.8 Å². The summed E-state index contributed by atoms with van der Waals surface area (Å²) < 4.78 is 0. The van der Waals surface area contributed by atoms with E-state index in [9.17, 15) is 0 Å². The number of hydrogen-bond acceptors (Lipinski definition) is 0. The summed E-state index contributed by atoms with van der Waals surface area (Å²) in [6.07, 6.45) is 3.69. The van der Waals surface area contributed by atoms with Gasteiger partial charge in [-0.3, -0.25) is 0 Å². The van der Waals surface area contributed by atoms with Gasteiger partial charge in [0.05, 0.1) is 0 Å². The van der Waals surface area contributed by atoms with Crippen LogP contribution in [0.25, 0.3) is 0 Å². The molecule has 0 amide bonds. The molecule has 0 aromatic carbocycles. The first kappa shape index (κ1) is 19.6. The standard InChI is InChI=1S/C7H15.C5H11.Y/c1-4-7(5-2)6-3;1-5(2,3)4;/h7H,1,4-6H2,2-3H3;1H2,2-4H3;/q2*-1;. The Morgan fingerprint density at radius 3 is 1.31 bits per heavy atom. The van der Waals surface area contributed by atoms with Gasteiger partial charge >= 0.3 is 0 Å². The number of rotatable bonds is 3. The van der Waals surface area contributed by atoms with Crippen molar-refractivity contribution >= 4 is 0 Å². The van der Waals surface area contributed by atoms with Crippen molar-refractivity contribution < 1.29 is 32.7 Å². The molecule has 13 heavy (non-hydrogen) atoms. The zero-order chi connectivity index (χ0) is 10.2. The van der Waals surface area contributed by atoms with Crippen LogP contribution in [0.1, 0.15) is 53.9 Å². The van der Waals surface area contributed by atoms with Crippen molar-refractivity contribution in [2.45, 2.75) is 53.9 Å². The van der Waals surface area contributed by atoms with Crippen LogP contribution in [0.2, 0.25) is 0 Å². The SMILES string of the molecule is [CH2-]C(C)(C)C.[CH2-]CC(CC)CC.[Y]. The third-order valence-corrected chi connectivity index (χ3v) is 1.56. The number of hydrogen-bond donors (Lipinski definition) is 0. The van der Waals surface area contributed by atoms with Crippen molar-refractivity contribution in [1.82, 2.24) is 0 Å². The first-order valence-corrected chi connectivity index (χ1v) is 4.99. The molecule has 0 aliphatic heterocycles. The molecule has 0 heterocycles. The van der Waals surface area contributed by atoms with E-state index in [4.69, 9.17) is 0 Å². The van der Waals surface area contributed by atoms with Crippen molar-refractivity contribution in [3.05, 3.63) is 13.8 Å². The quantitative estimate of drug-likeness (QED) is 0.654. The third-order valence-electron chi connectivity index (χ3n) is 1.56. The summed E-state index contributed by atoms with van der Waals surface area (Å²) in [5.74, 6) is 0.875. The fraction of sp³-hybridized carbons (Fsp3) is 0.833. The molecule has 0 saturated heterocycles. The van der Waals surface area contributed by atoms with E-state index in [0.29, 0.717) is 0 Å². The van der Waals surface area contributed by atoms with E-state index in [1.165, 1.54) is 12.8 Å². The third kappa shape index (κ3) is 32.0. The first-order valence-electron chi connectivity index (χ1n) is 4.99. The predicted molar refractivity (Wildman–Crippen MR) is 58.9 cm³/mol. The Morgan fingerprint density at radius 2 is 1.31 bits per heavy atom. The average molecular weight is 259 g/mol. The van der Waals surface area contributed by atoms with Crippen LogP contribution in [0, 0.1) is 25.2 Å². The molecule has 0 rings (SSSR count). The molecule has 0 nitrogen and oxygen atoms in total. The molecule has 1 radical (unpaired) electrons. The Morgan fingerprint density at radius 1 is 1.08 bits per heavy atom. The van der Waals surface area contributed by atoms with E-state index in [1.54, 1.807) is 0 Å². The maximum Gasteiger partial charge on any atom is 0 e. The Balaban J connectivity index is -0.000000150.